The van der Waals surface area contributed by atoms with Crippen LogP contribution in [0.3, 0.4) is 0 Å². The predicted octanol–water partition coefficient (Wildman–Crippen LogP) is 3.18. The van der Waals surface area contributed by atoms with E-state index in [0.717, 1.165) is 22.3 Å². The first-order valence-electron chi connectivity index (χ1n) is 6.77. The van der Waals surface area contributed by atoms with E-state index in [0.29, 0.717) is 24.5 Å². The van der Waals surface area contributed by atoms with E-state index in [2.05, 4.69) is 26.6 Å². The summed E-state index contributed by atoms with van der Waals surface area (Å²) in [5, 5.41) is 6.16. The lowest BCUT2D eigenvalue weighted by atomic mass is 10.1. The molecule has 0 fully saturated rings. The van der Waals surface area contributed by atoms with Gasteiger partial charge < -0.3 is 15.4 Å². The van der Waals surface area contributed by atoms with Crippen LogP contribution in [-0.4, -0.2) is 19.1 Å². The van der Waals surface area contributed by atoms with Crippen LogP contribution in [0.15, 0.2) is 46.9 Å². The normalized spacial score (nSPS) is 12.8. The Balaban J connectivity index is 1.76. The van der Waals surface area contributed by atoms with Crippen LogP contribution in [0.4, 0.5) is 5.69 Å². The van der Waals surface area contributed by atoms with Crippen LogP contribution in [0.1, 0.15) is 15.9 Å². The Bertz CT molecular complexity index is 673. The molecule has 1 heterocycles. The average Bonchev–Trinajstić information content (AvgIpc) is 2.53. The van der Waals surface area contributed by atoms with Gasteiger partial charge in [0.15, 0.2) is 5.75 Å². The minimum absolute atomic E-state index is 0.133. The molecule has 0 atom stereocenters. The van der Waals surface area contributed by atoms with E-state index in [1.807, 2.05) is 36.4 Å². The van der Waals surface area contributed by atoms with Crippen molar-refractivity contribution in [3.63, 3.8) is 0 Å². The third kappa shape index (κ3) is 3.03. The van der Waals surface area contributed by atoms with E-state index >= 15 is 0 Å². The number of hydrogen-bond donors (Lipinski definition) is 2. The highest BCUT2D eigenvalue weighted by Gasteiger charge is 2.18. The number of ether oxygens (including phenoxy) is 1. The van der Waals surface area contributed by atoms with Crippen LogP contribution in [0.5, 0.6) is 5.75 Å². The van der Waals surface area contributed by atoms with Crippen molar-refractivity contribution in [2.75, 3.05) is 18.5 Å². The van der Waals surface area contributed by atoms with Gasteiger partial charge in [-0.15, -0.1) is 0 Å². The second-order valence-electron chi connectivity index (χ2n) is 4.73. The van der Waals surface area contributed by atoms with Gasteiger partial charge >= 0.3 is 0 Å². The summed E-state index contributed by atoms with van der Waals surface area (Å²) in [6, 6.07) is 13.4. The maximum atomic E-state index is 12.4. The van der Waals surface area contributed by atoms with Gasteiger partial charge in [-0.05, 0) is 23.8 Å². The molecule has 2 aromatic rings. The number of carbonyl (C=O) groups excluding carboxylic acids is 1. The Labute approximate surface area is 131 Å². The zero-order chi connectivity index (χ0) is 14.7. The lowest BCUT2D eigenvalue weighted by Gasteiger charge is -2.21. The fraction of sp³-hybridized carbons (Fsp3) is 0.188. The van der Waals surface area contributed by atoms with Crippen molar-refractivity contribution in [3.05, 3.63) is 58.1 Å². The number of hydrogen-bond acceptors (Lipinski definition) is 3. The minimum atomic E-state index is -0.133. The molecule has 0 spiro atoms. The smallest absolute Gasteiger partial charge is 0.255 e. The standard InChI is InChI=1S/C16H15BrN2O2/c17-13-6-2-1-4-11(13)10-19-16(20)12-5-3-7-14-15(12)21-9-8-18-14/h1-7,18H,8-10H2,(H,19,20). The summed E-state index contributed by atoms with van der Waals surface area (Å²) in [7, 11) is 0. The average molecular weight is 347 g/mol. The summed E-state index contributed by atoms with van der Waals surface area (Å²) < 4.78 is 6.60. The Morgan fingerprint density at radius 1 is 1.24 bits per heavy atom. The number of carbonyl (C=O) groups is 1. The summed E-state index contributed by atoms with van der Waals surface area (Å²) in [6.45, 7) is 1.80. The van der Waals surface area contributed by atoms with Crippen molar-refractivity contribution >= 4 is 27.5 Å². The molecule has 2 aromatic carbocycles. The van der Waals surface area contributed by atoms with E-state index in [9.17, 15) is 4.79 Å². The molecule has 4 nitrogen and oxygen atoms in total. The Morgan fingerprint density at radius 2 is 2.10 bits per heavy atom. The number of para-hydroxylation sites is 1. The van der Waals surface area contributed by atoms with E-state index in [4.69, 9.17) is 4.74 Å². The van der Waals surface area contributed by atoms with Gasteiger partial charge in [-0.1, -0.05) is 40.2 Å². The number of anilines is 1. The van der Waals surface area contributed by atoms with Crippen molar-refractivity contribution in [2.24, 2.45) is 0 Å². The van der Waals surface area contributed by atoms with Gasteiger partial charge in [-0.3, -0.25) is 4.79 Å². The molecular formula is C16H15BrN2O2. The molecule has 0 unspecified atom stereocenters. The van der Waals surface area contributed by atoms with Crippen LogP contribution in [0, 0.1) is 0 Å². The second-order valence-corrected chi connectivity index (χ2v) is 5.59. The van der Waals surface area contributed by atoms with Gasteiger partial charge in [-0.2, -0.15) is 0 Å². The van der Waals surface area contributed by atoms with Crippen molar-refractivity contribution in [2.45, 2.75) is 6.54 Å². The molecule has 2 N–H and O–H groups in total. The fourth-order valence-corrected chi connectivity index (χ4v) is 2.69. The summed E-state index contributed by atoms with van der Waals surface area (Å²) in [5.41, 5.74) is 2.47. The molecule has 0 radical (unpaired) electrons. The lowest BCUT2D eigenvalue weighted by molar-refractivity contribution is 0.0946. The fourth-order valence-electron chi connectivity index (χ4n) is 2.26. The molecular weight excluding hydrogens is 332 g/mol. The van der Waals surface area contributed by atoms with Gasteiger partial charge in [0.05, 0.1) is 11.3 Å². The van der Waals surface area contributed by atoms with Crippen molar-refractivity contribution in [1.29, 1.82) is 0 Å². The molecule has 1 amide bonds. The van der Waals surface area contributed by atoms with Crippen LogP contribution >= 0.6 is 15.9 Å². The van der Waals surface area contributed by atoms with Crippen molar-refractivity contribution in [3.8, 4) is 5.75 Å². The van der Waals surface area contributed by atoms with Gasteiger partial charge in [0, 0.05) is 17.6 Å². The molecule has 1 aliphatic heterocycles. The maximum Gasteiger partial charge on any atom is 0.255 e. The van der Waals surface area contributed by atoms with E-state index < -0.39 is 0 Å². The number of halogens is 1. The number of fused-ring (bicyclic) bond motifs is 1. The highest BCUT2D eigenvalue weighted by atomic mass is 79.9. The largest absolute Gasteiger partial charge is 0.489 e. The van der Waals surface area contributed by atoms with Crippen molar-refractivity contribution in [1.82, 2.24) is 5.32 Å². The third-order valence-corrected chi connectivity index (χ3v) is 4.09. The molecule has 21 heavy (non-hydrogen) atoms. The maximum absolute atomic E-state index is 12.4. The molecule has 3 rings (SSSR count). The number of nitrogens with one attached hydrogen (secondary N) is 2. The highest BCUT2D eigenvalue weighted by Crippen LogP contribution is 2.31. The Hall–Kier alpha value is -2.01. The molecule has 0 bridgehead atoms. The zero-order valence-electron chi connectivity index (χ0n) is 11.4. The van der Waals surface area contributed by atoms with Crippen molar-refractivity contribution < 1.29 is 9.53 Å². The van der Waals surface area contributed by atoms with Gasteiger partial charge in [-0.25, -0.2) is 0 Å². The van der Waals surface area contributed by atoms with E-state index in [-0.39, 0.29) is 5.91 Å². The quantitative estimate of drug-likeness (QED) is 0.897. The summed E-state index contributed by atoms with van der Waals surface area (Å²) in [6.07, 6.45) is 0. The minimum Gasteiger partial charge on any atom is -0.489 e. The number of rotatable bonds is 3. The zero-order valence-corrected chi connectivity index (χ0v) is 12.9. The lowest BCUT2D eigenvalue weighted by Crippen LogP contribution is -2.26. The molecule has 0 saturated carbocycles. The number of benzene rings is 2. The molecule has 108 valence electrons. The van der Waals surface area contributed by atoms with E-state index in [1.165, 1.54) is 0 Å². The Kier molecular flexibility index (Phi) is 4.10. The first kappa shape index (κ1) is 13.9. The first-order chi connectivity index (χ1) is 10.3. The molecule has 0 aromatic heterocycles. The van der Waals surface area contributed by atoms with Gasteiger partial charge in [0.2, 0.25) is 0 Å². The van der Waals surface area contributed by atoms with Crippen LogP contribution < -0.4 is 15.4 Å². The first-order valence-corrected chi connectivity index (χ1v) is 7.56. The monoisotopic (exact) mass is 346 g/mol. The highest BCUT2D eigenvalue weighted by molar-refractivity contribution is 9.10. The molecule has 0 saturated heterocycles. The Morgan fingerprint density at radius 3 is 2.95 bits per heavy atom. The van der Waals surface area contributed by atoms with Crippen LogP contribution in [0.2, 0.25) is 0 Å². The van der Waals surface area contributed by atoms with Gasteiger partial charge in [0.25, 0.3) is 5.91 Å². The van der Waals surface area contributed by atoms with E-state index in [1.54, 1.807) is 6.07 Å². The molecule has 1 aliphatic rings. The second kappa shape index (κ2) is 6.18. The molecule has 0 aliphatic carbocycles. The summed E-state index contributed by atoms with van der Waals surface area (Å²) >= 11 is 3.48. The summed E-state index contributed by atoms with van der Waals surface area (Å²) in [5.74, 6) is 0.500. The third-order valence-electron chi connectivity index (χ3n) is 3.32. The van der Waals surface area contributed by atoms with Crippen LogP contribution in [-0.2, 0) is 6.54 Å². The predicted molar refractivity (Wildman–Crippen MR) is 85.7 cm³/mol. The van der Waals surface area contributed by atoms with Crippen LogP contribution in [0.25, 0.3) is 0 Å². The number of amides is 1. The molecule has 5 heteroatoms. The summed E-state index contributed by atoms with van der Waals surface area (Å²) in [4.78, 5) is 12.4. The van der Waals surface area contributed by atoms with Gasteiger partial charge in [0.1, 0.15) is 6.61 Å². The SMILES string of the molecule is O=C(NCc1ccccc1Br)c1cccc2c1OCCN2. The topological polar surface area (TPSA) is 50.4 Å².